The van der Waals surface area contributed by atoms with Crippen LogP contribution in [0.1, 0.15) is 31.2 Å². The van der Waals surface area contributed by atoms with Gasteiger partial charge >= 0.3 is 0 Å². The van der Waals surface area contributed by atoms with E-state index in [0.717, 1.165) is 60.1 Å². The lowest BCUT2D eigenvalue weighted by Gasteiger charge is -2.33. The predicted octanol–water partition coefficient (Wildman–Crippen LogP) is 3.14. The van der Waals surface area contributed by atoms with Crippen LogP contribution in [0.25, 0.3) is 10.9 Å². The summed E-state index contributed by atoms with van der Waals surface area (Å²) in [5, 5.41) is 11.9. The third-order valence-electron chi connectivity index (χ3n) is 6.39. The molecular weight excluding hydrogens is 416 g/mol. The van der Waals surface area contributed by atoms with Gasteiger partial charge in [-0.15, -0.1) is 6.58 Å². The lowest BCUT2D eigenvalue weighted by atomic mass is 9.96. The number of nitrogen functional groups attached to an aromatic ring is 1. The number of allylic oxidation sites excluding steroid dienone is 1. The van der Waals surface area contributed by atoms with E-state index in [4.69, 9.17) is 5.73 Å². The summed E-state index contributed by atoms with van der Waals surface area (Å²) in [5.41, 5.74) is 10.1. The summed E-state index contributed by atoms with van der Waals surface area (Å²) in [5.74, 6) is 0.979. The van der Waals surface area contributed by atoms with Crippen LogP contribution < -0.4 is 21.3 Å². The molecule has 3 heterocycles. The van der Waals surface area contributed by atoms with Crippen molar-refractivity contribution in [2.24, 2.45) is 5.92 Å². The maximum atomic E-state index is 12.5. The zero-order valence-corrected chi connectivity index (χ0v) is 18.9. The molecule has 33 heavy (non-hydrogen) atoms. The number of aromatic nitrogens is 4. The first-order chi connectivity index (χ1) is 16.0. The average Bonchev–Trinajstić information content (AvgIpc) is 3.54. The van der Waals surface area contributed by atoms with Crippen LogP contribution >= 0.6 is 0 Å². The highest BCUT2D eigenvalue weighted by Crippen LogP contribution is 2.30. The minimum atomic E-state index is -0.0219. The number of benzene rings is 1. The van der Waals surface area contributed by atoms with Gasteiger partial charge in [0.05, 0.1) is 36.1 Å². The molecule has 3 aromatic rings. The first-order valence-corrected chi connectivity index (χ1v) is 11.5. The van der Waals surface area contributed by atoms with Gasteiger partial charge in [0, 0.05) is 30.2 Å². The Labute approximate surface area is 193 Å². The van der Waals surface area contributed by atoms with Gasteiger partial charge in [0.25, 0.3) is 0 Å². The van der Waals surface area contributed by atoms with Gasteiger partial charge in [-0.1, -0.05) is 6.08 Å². The molecule has 2 aliphatic rings. The summed E-state index contributed by atoms with van der Waals surface area (Å²) >= 11 is 0. The maximum absolute atomic E-state index is 12.5. The molecule has 2 aromatic heterocycles. The molecule has 2 fully saturated rings. The standard InChI is InChI=1S/C24H30N8O/c1-3-8-32-20-11-19(15(2)10-17(20)12-27-32)29-24-26-13-21(22(25)30-24)31-9-4-5-16(14-31)23(33)28-18-6-7-18/h3,10-13,16,18H,1,4-9,14H2,2H3,(H,28,33)(H3,25,26,29,30)/t16-/m0/s1. The summed E-state index contributed by atoms with van der Waals surface area (Å²) in [6, 6.07) is 4.51. The fraction of sp³-hybridized carbons (Fsp3) is 0.417. The quantitative estimate of drug-likeness (QED) is 0.478. The minimum absolute atomic E-state index is 0.0219. The van der Waals surface area contributed by atoms with Gasteiger partial charge in [-0.3, -0.25) is 9.48 Å². The number of nitrogens with zero attached hydrogens (tertiary/aromatic N) is 5. The number of carbonyl (C=O) groups excluding carboxylic acids is 1. The number of amides is 1. The fourth-order valence-corrected chi connectivity index (χ4v) is 4.41. The third kappa shape index (κ3) is 4.48. The number of carbonyl (C=O) groups is 1. The number of nitrogens with two attached hydrogens (primary N) is 1. The molecule has 1 saturated heterocycles. The Bertz CT molecular complexity index is 1200. The molecule has 5 rings (SSSR count). The van der Waals surface area contributed by atoms with E-state index in [9.17, 15) is 4.79 Å². The van der Waals surface area contributed by atoms with E-state index in [0.29, 0.717) is 30.9 Å². The first-order valence-electron chi connectivity index (χ1n) is 11.5. The number of hydrogen-bond donors (Lipinski definition) is 3. The zero-order chi connectivity index (χ0) is 22.9. The van der Waals surface area contributed by atoms with Crippen LogP contribution in [0.3, 0.4) is 0 Å². The summed E-state index contributed by atoms with van der Waals surface area (Å²) in [7, 11) is 0. The average molecular weight is 447 g/mol. The van der Waals surface area contributed by atoms with Crippen molar-refractivity contribution < 1.29 is 4.79 Å². The highest BCUT2D eigenvalue weighted by atomic mass is 16.2. The van der Waals surface area contributed by atoms with Crippen LogP contribution in [-0.4, -0.2) is 44.8 Å². The fourth-order valence-electron chi connectivity index (χ4n) is 4.41. The van der Waals surface area contributed by atoms with Crippen molar-refractivity contribution in [1.82, 2.24) is 25.1 Å². The Hall–Kier alpha value is -3.62. The van der Waals surface area contributed by atoms with Crippen molar-refractivity contribution >= 4 is 40.0 Å². The Kier molecular flexibility index (Phi) is 5.62. The molecule has 0 bridgehead atoms. The molecule has 0 spiro atoms. The molecule has 9 nitrogen and oxygen atoms in total. The van der Waals surface area contributed by atoms with E-state index >= 15 is 0 Å². The van der Waals surface area contributed by atoms with Crippen LogP contribution in [0, 0.1) is 12.8 Å². The van der Waals surface area contributed by atoms with Gasteiger partial charge in [0.2, 0.25) is 11.9 Å². The van der Waals surface area contributed by atoms with Crippen molar-refractivity contribution in [3.8, 4) is 0 Å². The molecule has 1 aromatic carbocycles. The predicted molar refractivity (Wildman–Crippen MR) is 130 cm³/mol. The molecule has 1 amide bonds. The van der Waals surface area contributed by atoms with Gasteiger partial charge in [0.1, 0.15) is 0 Å². The number of hydrogen-bond acceptors (Lipinski definition) is 7. The zero-order valence-electron chi connectivity index (χ0n) is 18.9. The highest BCUT2D eigenvalue weighted by molar-refractivity contribution is 5.85. The van der Waals surface area contributed by atoms with E-state index in [2.05, 4.69) is 43.2 Å². The highest BCUT2D eigenvalue weighted by Gasteiger charge is 2.31. The van der Waals surface area contributed by atoms with Crippen LogP contribution in [0.5, 0.6) is 0 Å². The van der Waals surface area contributed by atoms with Crippen LogP contribution in [0.2, 0.25) is 0 Å². The lowest BCUT2D eigenvalue weighted by molar-refractivity contribution is -0.125. The maximum Gasteiger partial charge on any atom is 0.229 e. The van der Waals surface area contributed by atoms with Gasteiger partial charge in [0.15, 0.2) is 5.82 Å². The number of rotatable bonds is 7. The summed E-state index contributed by atoms with van der Waals surface area (Å²) in [6.45, 7) is 7.96. The van der Waals surface area contributed by atoms with Gasteiger partial charge in [-0.25, -0.2) is 4.98 Å². The molecule has 1 aliphatic heterocycles. The van der Waals surface area contributed by atoms with E-state index in [1.165, 1.54) is 0 Å². The van der Waals surface area contributed by atoms with E-state index in [1.54, 1.807) is 6.20 Å². The van der Waals surface area contributed by atoms with Crippen molar-refractivity contribution in [2.45, 2.75) is 45.2 Å². The third-order valence-corrected chi connectivity index (χ3v) is 6.39. The van der Waals surface area contributed by atoms with Crippen LogP contribution in [0.4, 0.5) is 23.1 Å². The van der Waals surface area contributed by atoms with Crippen molar-refractivity contribution in [3.63, 3.8) is 0 Å². The number of nitrogens with one attached hydrogen (secondary N) is 2. The minimum Gasteiger partial charge on any atom is -0.382 e. The second-order valence-corrected chi connectivity index (χ2v) is 9.00. The lowest BCUT2D eigenvalue weighted by Crippen LogP contribution is -2.44. The van der Waals surface area contributed by atoms with Crippen molar-refractivity contribution in [2.75, 3.05) is 29.0 Å². The largest absolute Gasteiger partial charge is 0.382 e. The Balaban J connectivity index is 1.32. The van der Waals surface area contributed by atoms with E-state index in [1.807, 2.05) is 29.9 Å². The first kappa shape index (κ1) is 21.2. The molecule has 4 N–H and O–H groups in total. The number of aryl methyl sites for hydroxylation is 1. The van der Waals surface area contributed by atoms with Gasteiger partial charge in [-0.05, 0) is 50.3 Å². The van der Waals surface area contributed by atoms with Crippen molar-refractivity contribution in [3.05, 3.63) is 42.7 Å². The second kappa shape index (κ2) is 8.73. The second-order valence-electron chi connectivity index (χ2n) is 9.00. The van der Waals surface area contributed by atoms with Crippen LogP contribution in [0.15, 0.2) is 37.2 Å². The topological polar surface area (TPSA) is 114 Å². The normalized spacial score (nSPS) is 18.3. The molecular formula is C24H30N8O. The van der Waals surface area contributed by atoms with Gasteiger partial charge in [-0.2, -0.15) is 10.1 Å². The summed E-state index contributed by atoms with van der Waals surface area (Å²) in [4.78, 5) is 23.7. The number of fused-ring (bicyclic) bond motifs is 1. The van der Waals surface area contributed by atoms with Gasteiger partial charge < -0.3 is 21.3 Å². The van der Waals surface area contributed by atoms with E-state index in [-0.39, 0.29) is 11.8 Å². The molecule has 0 unspecified atom stereocenters. The monoisotopic (exact) mass is 446 g/mol. The molecule has 1 atom stereocenters. The van der Waals surface area contributed by atoms with Crippen molar-refractivity contribution in [1.29, 1.82) is 0 Å². The molecule has 0 radical (unpaired) electrons. The number of piperidine rings is 1. The van der Waals surface area contributed by atoms with E-state index < -0.39 is 0 Å². The Morgan fingerprint density at radius 3 is 2.91 bits per heavy atom. The molecule has 9 heteroatoms. The Morgan fingerprint density at radius 1 is 1.30 bits per heavy atom. The molecule has 172 valence electrons. The van der Waals surface area contributed by atoms with Crippen LogP contribution in [-0.2, 0) is 11.3 Å². The Morgan fingerprint density at radius 2 is 2.15 bits per heavy atom. The summed E-state index contributed by atoms with van der Waals surface area (Å²) < 4.78 is 1.90. The SMILES string of the molecule is C=CCn1ncc2cc(C)c(Nc3ncc(N4CCC[C@H](C(=O)NC5CC5)C4)c(N)n3)cc21. The number of anilines is 4. The molecule has 1 aliphatic carbocycles. The molecule has 1 saturated carbocycles. The smallest absolute Gasteiger partial charge is 0.229 e. The summed E-state index contributed by atoms with van der Waals surface area (Å²) in [6.07, 6.45) is 9.47.